The molecule has 4 heteroatoms. The van der Waals surface area contributed by atoms with Crippen LogP contribution < -0.4 is 0 Å². The summed E-state index contributed by atoms with van der Waals surface area (Å²) in [5.74, 6) is -1.08. The van der Waals surface area contributed by atoms with Crippen LogP contribution in [0.2, 0.25) is 0 Å². The first-order valence-corrected chi connectivity index (χ1v) is 6.32. The standard InChI is InChI=1S/C14H22O4/c1-4-7-11-17-13(15)9-10-14(16)18-12(6-3)8-5-2/h6,9-10,12H,3-5,7-8,11H2,1-2H3/b10-9-. The van der Waals surface area contributed by atoms with Crippen molar-refractivity contribution in [2.75, 3.05) is 6.61 Å². The Bertz CT molecular complexity index is 294. The van der Waals surface area contributed by atoms with E-state index in [2.05, 4.69) is 6.58 Å². The summed E-state index contributed by atoms with van der Waals surface area (Å²) in [5, 5.41) is 0. The van der Waals surface area contributed by atoms with Crippen LogP contribution in [0.3, 0.4) is 0 Å². The lowest BCUT2D eigenvalue weighted by Gasteiger charge is -2.10. The third kappa shape index (κ3) is 8.56. The number of hydrogen-bond acceptors (Lipinski definition) is 4. The molecule has 0 spiro atoms. The molecular formula is C14H22O4. The maximum atomic E-state index is 11.4. The van der Waals surface area contributed by atoms with E-state index in [-0.39, 0.29) is 6.10 Å². The fraction of sp³-hybridized carbons (Fsp3) is 0.571. The van der Waals surface area contributed by atoms with E-state index >= 15 is 0 Å². The van der Waals surface area contributed by atoms with Gasteiger partial charge in [0, 0.05) is 12.2 Å². The number of carbonyl (C=O) groups is 2. The zero-order valence-electron chi connectivity index (χ0n) is 11.2. The molecule has 1 atom stereocenters. The molecular weight excluding hydrogens is 232 g/mol. The van der Waals surface area contributed by atoms with E-state index < -0.39 is 11.9 Å². The molecule has 0 bridgehead atoms. The third-order valence-electron chi connectivity index (χ3n) is 2.20. The van der Waals surface area contributed by atoms with Crippen LogP contribution in [0.1, 0.15) is 39.5 Å². The van der Waals surface area contributed by atoms with Gasteiger partial charge in [-0.3, -0.25) is 0 Å². The van der Waals surface area contributed by atoms with Crippen molar-refractivity contribution in [3.63, 3.8) is 0 Å². The average molecular weight is 254 g/mol. The maximum Gasteiger partial charge on any atom is 0.331 e. The fourth-order valence-corrected chi connectivity index (χ4v) is 1.20. The highest BCUT2D eigenvalue weighted by molar-refractivity contribution is 5.91. The molecule has 0 radical (unpaired) electrons. The molecule has 0 saturated heterocycles. The highest BCUT2D eigenvalue weighted by Gasteiger charge is 2.07. The number of hydrogen-bond donors (Lipinski definition) is 0. The molecule has 0 saturated carbocycles. The van der Waals surface area contributed by atoms with Gasteiger partial charge in [-0.05, 0) is 12.8 Å². The summed E-state index contributed by atoms with van der Waals surface area (Å²) in [5.41, 5.74) is 0. The first-order chi connectivity index (χ1) is 8.63. The van der Waals surface area contributed by atoms with Crippen LogP contribution in [0.15, 0.2) is 24.8 Å². The van der Waals surface area contributed by atoms with Gasteiger partial charge in [0.1, 0.15) is 6.10 Å². The predicted octanol–water partition coefficient (Wildman–Crippen LogP) is 2.78. The van der Waals surface area contributed by atoms with Gasteiger partial charge in [-0.2, -0.15) is 0 Å². The van der Waals surface area contributed by atoms with E-state index in [0.717, 1.165) is 37.8 Å². The van der Waals surface area contributed by atoms with Gasteiger partial charge in [0.05, 0.1) is 6.61 Å². The van der Waals surface area contributed by atoms with Gasteiger partial charge in [0.15, 0.2) is 0 Å². The second-order valence-electron chi connectivity index (χ2n) is 3.85. The molecule has 1 unspecified atom stereocenters. The number of unbranched alkanes of at least 4 members (excludes halogenated alkanes) is 1. The molecule has 0 aliphatic heterocycles. The molecule has 0 fully saturated rings. The number of esters is 2. The summed E-state index contributed by atoms with van der Waals surface area (Å²) in [6.07, 6.45) is 6.84. The first kappa shape index (κ1) is 16.4. The second kappa shape index (κ2) is 10.6. The summed E-state index contributed by atoms with van der Waals surface area (Å²) in [7, 11) is 0. The van der Waals surface area contributed by atoms with Gasteiger partial charge in [-0.25, -0.2) is 9.59 Å². The third-order valence-corrected chi connectivity index (χ3v) is 2.20. The SMILES string of the molecule is C=CC(CCC)OC(=O)/C=C\C(=O)OCCCC. The smallest absolute Gasteiger partial charge is 0.331 e. The predicted molar refractivity (Wildman–Crippen MR) is 70.0 cm³/mol. The zero-order valence-corrected chi connectivity index (χ0v) is 11.2. The van der Waals surface area contributed by atoms with E-state index in [4.69, 9.17) is 9.47 Å². The highest BCUT2D eigenvalue weighted by Crippen LogP contribution is 2.03. The van der Waals surface area contributed by atoms with E-state index in [1.165, 1.54) is 0 Å². The number of rotatable bonds is 9. The van der Waals surface area contributed by atoms with Crippen molar-refractivity contribution < 1.29 is 19.1 Å². The minimum atomic E-state index is -0.555. The van der Waals surface area contributed by atoms with Crippen molar-refractivity contribution in [1.29, 1.82) is 0 Å². The van der Waals surface area contributed by atoms with E-state index in [1.54, 1.807) is 6.08 Å². The molecule has 0 aliphatic rings. The molecule has 0 aromatic carbocycles. The Morgan fingerprint density at radius 3 is 2.39 bits per heavy atom. The maximum absolute atomic E-state index is 11.4. The Hall–Kier alpha value is -1.58. The lowest BCUT2D eigenvalue weighted by Crippen LogP contribution is -2.14. The van der Waals surface area contributed by atoms with Crippen LogP contribution in [0.4, 0.5) is 0 Å². The topological polar surface area (TPSA) is 52.6 Å². The monoisotopic (exact) mass is 254 g/mol. The number of ether oxygens (including phenoxy) is 2. The first-order valence-electron chi connectivity index (χ1n) is 6.32. The van der Waals surface area contributed by atoms with Crippen LogP contribution >= 0.6 is 0 Å². The summed E-state index contributed by atoms with van der Waals surface area (Å²) in [6.45, 7) is 7.96. The van der Waals surface area contributed by atoms with Gasteiger partial charge in [-0.15, -0.1) is 0 Å². The highest BCUT2D eigenvalue weighted by atomic mass is 16.5. The summed E-state index contributed by atoms with van der Waals surface area (Å²) in [4.78, 5) is 22.5. The minimum Gasteiger partial charge on any atom is -0.463 e. The van der Waals surface area contributed by atoms with Crippen LogP contribution in [0.5, 0.6) is 0 Å². The van der Waals surface area contributed by atoms with Crippen molar-refractivity contribution in [2.24, 2.45) is 0 Å². The molecule has 0 rings (SSSR count). The van der Waals surface area contributed by atoms with Crippen LogP contribution in [0.25, 0.3) is 0 Å². The summed E-state index contributed by atoms with van der Waals surface area (Å²) < 4.78 is 9.92. The van der Waals surface area contributed by atoms with Gasteiger partial charge in [-0.1, -0.05) is 39.3 Å². The number of carbonyl (C=O) groups excluding carboxylic acids is 2. The van der Waals surface area contributed by atoms with Crippen molar-refractivity contribution in [3.8, 4) is 0 Å². The molecule has 0 amide bonds. The van der Waals surface area contributed by atoms with Crippen LogP contribution in [0, 0.1) is 0 Å². The van der Waals surface area contributed by atoms with Crippen LogP contribution in [-0.2, 0) is 19.1 Å². The molecule has 102 valence electrons. The summed E-state index contributed by atoms with van der Waals surface area (Å²) >= 11 is 0. The Labute approximate surface area is 109 Å². The van der Waals surface area contributed by atoms with E-state index in [0.29, 0.717) is 6.61 Å². The molecule has 0 heterocycles. The minimum absolute atomic E-state index is 0.303. The Morgan fingerprint density at radius 1 is 1.17 bits per heavy atom. The van der Waals surface area contributed by atoms with E-state index in [9.17, 15) is 9.59 Å². The molecule has 0 aromatic rings. The Kier molecular flexibility index (Phi) is 9.64. The quantitative estimate of drug-likeness (QED) is 0.275. The van der Waals surface area contributed by atoms with Gasteiger partial charge in [0.25, 0.3) is 0 Å². The normalized spacial score (nSPS) is 12.1. The average Bonchev–Trinajstić information content (AvgIpc) is 2.36. The van der Waals surface area contributed by atoms with Gasteiger partial charge >= 0.3 is 11.9 Å². The lowest BCUT2D eigenvalue weighted by molar-refractivity contribution is -0.142. The largest absolute Gasteiger partial charge is 0.463 e. The van der Waals surface area contributed by atoms with Crippen molar-refractivity contribution in [1.82, 2.24) is 0 Å². The van der Waals surface area contributed by atoms with Gasteiger partial charge < -0.3 is 9.47 Å². The van der Waals surface area contributed by atoms with Crippen molar-refractivity contribution >= 4 is 11.9 Å². The van der Waals surface area contributed by atoms with Gasteiger partial charge in [0.2, 0.25) is 0 Å². The zero-order chi connectivity index (χ0) is 13.8. The molecule has 0 aromatic heterocycles. The second-order valence-corrected chi connectivity index (χ2v) is 3.85. The molecule has 0 N–H and O–H groups in total. The van der Waals surface area contributed by atoms with E-state index in [1.807, 2.05) is 13.8 Å². The Balaban J connectivity index is 3.98. The summed E-state index contributed by atoms with van der Waals surface area (Å²) in [6, 6.07) is 0. The van der Waals surface area contributed by atoms with Crippen molar-refractivity contribution in [3.05, 3.63) is 24.8 Å². The lowest BCUT2D eigenvalue weighted by atomic mass is 10.2. The molecule has 18 heavy (non-hydrogen) atoms. The Morgan fingerprint density at radius 2 is 1.83 bits per heavy atom. The fourth-order valence-electron chi connectivity index (χ4n) is 1.20. The molecule has 4 nitrogen and oxygen atoms in total. The van der Waals surface area contributed by atoms with Crippen molar-refractivity contribution in [2.45, 2.75) is 45.6 Å². The van der Waals surface area contributed by atoms with Crippen LogP contribution in [-0.4, -0.2) is 24.6 Å². The molecule has 0 aliphatic carbocycles.